The molecular formula is C9H21N2O+. The molecule has 3 nitrogen and oxygen atoms in total. The molecule has 0 saturated carbocycles. The molecule has 0 unspecified atom stereocenters. The average Bonchev–Trinajstić information content (AvgIpc) is 1.98. The van der Waals surface area contributed by atoms with Gasteiger partial charge in [-0.05, 0) is 6.92 Å². The van der Waals surface area contributed by atoms with Crippen LogP contribution in [0.2, 0.25) is 0 Å². The van der Waals surface area contributed by atoms with Crippen LogP contribution in [0.4, 0.5) is 0 Å². The summed E-state index contributed by atoms with van der Waals surface area (Å²) in [5, 5.41) is 2.79. The third-order valence-corrected chi connectivity index (χ3v) is 2.17. The Hall–Kier alpha value is -0.570. The molecule has 0 atom stereocenters. The molecule has 12 heavy (non-hydrogen) atoms. The number of nitrogens with one attached hydrogen (secondary N) is 1. The van der Waals surface area contributed by atoms with Crippen molar-refractivity contribution in [1.29, 1.82) is 0 Å². The largest absolute Gasteiger partial charge is 0.356 e. The fourth-order valence-corrected chi connectivity index (χ4v) is 0.930. The molecular weight excluding hydrogens is 152 g/mol. The lowest BCUT2D eigenvalue weighted by Gasteiger charge is -2.28. The van der Waals surface area contributed by atoms with Gasteiger partial charge in [0.2, 0.25) is 5.91 Å². The van der Waals surface area contributed by atoms with Gasteiger partial charge in [0.05, 0.1) is 27.2 Å². The molecule has 0 rings (SSSR count). The summed E-state index contributed by atoms with van der Waals surface area (Å²) in [7, 11) is 4.40. The highest BCUT2D eigenvalue weighted by atomic mass is 16.1. The van der Waals surface area contributed by atoms with E-state index < -0.39 is 0 Å². The summed E-state index contributed by atoms with van der Waals surface area (Å²) < 4.78 is 1.03. The van der Waals surface area contributed by atoms with Crippen LogP contribution in [-0.2, 0) is 4.79 Å². The third-order valence-electron chi connectivity index (χ3n) is 2.17. The van der Waals surface area contributed by atoms with Crippen molar-refractivity contribution in [2.24, 2.45) is 0 Å². The molecule has 0 heterocycles. The van der Waals surface area contributed by atoms with Crippen molar-refractivity contribution in [2.75, 3.05) is 33.7 Å². The Bertz CT molecular complexity index is 143. The smallest absolute Gasteiger partial charge is 0.216 e. The first kappa shape index (κ1) is 11.4. The van der Waals surface area contributed by atoms with Gasteiger partial charge in [-0.1, -0.05) is 0 Å². The fourth-order valence-electron chi connectivity index (χ4n) is 0.930. The summed E-state index contributed by atoms with van der Waals surface area (Å²) >= 11 is 0. The van der Waals surface area contributed by atoms with Gasteiger partial charge in [-0.2, -0.15) is 0 Å². The van der Waals surface area contributed by atoms with E-state index >= 15 is 0 Å². The summed E-state index contributed by atoms with van der Waals surface area (Å²) in [4.78, 5) is 10.5. The molecule has 0 aromatic heterocycles. The second-order valence-electron chi connectivity index (χ2n) is 3.81. The van der Waals surface area contributed by atoms with E-state index in [1.807, 2.05) is 0 Å². The molecule has 0 aliphatic rings. The van der Waals surface area contributed by atoms with Crippen molar-refractivity contribution in [3.63, 3.8) is 0 Å². The first-order chi connectivity index (χ1) is 5.48. The number of carbonyl (C=O) groups excluding carboxylic acids is 1. The second-order valence-corrected chi connectivity index (χ2v) is 3.81. The number of hydrogen-bond acceptors (Lipinski definition) is 1. The Morgan fingerprint density at radius 3 is 2.42 bits per heavy atom. The van der Waals surface area contributed by atoms with Crippen LogP contribution in [0.3, 0.4) is 0 Å². The molecule has 0 saturated heterocycles. The van der Waals surface area contributed by atoms with E-state index in [4.69, 9.17) is 0 Å². The van der Waals surface area contributed by atoms with Crippen LogP contribution in [0.25, 0.3) is 0 Å². The molecule has 0 aromatic carbocycles. The first-order valence-electron chi connectivity index (χ1n) is 4.54. The lowest BCUT2D eigenvalue weighted by Crippen LogP contribution is -2.41. The minimum atomic E-state index is 0.0665. The summed E-state index contributed by atoms with van der Waals surface area (Å²) in [5.74, 6) is 0.0665. The van der Waals surface area contributed by atoms with Crippen LogP contribution < -0.4 is 5.32 Å². The van der Waals surface area contributed by atoms with Crippen LogP contribution in [0.15, 0.2) is 0 Å². The Labute approximate surface area is 75.3 Å². The van der Waals surface area contributed by atoms with E-state index in [1.54, 1.807) is 6.92 Å². The van der Waals surface area contributed by atoms with E-state index in [2.05, 4.69) is 26.3 Å². The molecule has 1 N–H and O–H groups in total. The molecule has 0 spiro atoms. The number of carbonyl (C=O) groups is 1. The number of hydrogen-bond donors (Lipinski definition) is 1. The van der Waals surface area contributed by atoms with Gasteiger partial charge in [-0.15, -0.1) is 0 Å². The lowest BCUT2D eigenvalue weighted by atomic mass is 10.3. The van der Waals surface area contributed by atoms with Gasteiger partial charge in [-0.3, -0.25) is 4.79 Å². The second kappa shape index (κ2) is 5.14. The number of nitrogens with zero attached hydrogens (tertiary/aromatic N) is 1. The van der Waals surface area contributed by atoms with Crippen LogP contribution in [0.5, 0.6) is 0 Å². The predicted octanol–water partition coefficient (Wildman–Crippen LogP) is 0.609. The molecule has 3 heteroatoms. The van der Waals surface area contributed by atoms with Gasteiger partial charge in [0.1, 0.15) is 0 Å². The Morgan fingerprint density at radius 2 is 2.00 bits per heavy atom. The van der Waals surface area contributed by atoms with E-state index in [9.17, 15) is 4.79 Å². The highest BCUT2D eigenvalue weighted by Crippen LogP contribution is 1.96. The van der Waals surface area contributed by atoms with Crippen molar-refractivity contribution in [2.45, 2.75) is 20.3 Å². The maximum Gasteiger partial charge on any atom is 0.216 e. The molecule has 0 radical (unpaired) electrons. The SMILES string of the molecule is CC[N+](C)(C)CCCNC(C)=O. The van der Waals surface area contributed by atoms with Crippen LogP contribution in [0, 0.1) is 0 Å². The van der Waals surface area contributed by atoms with E-state index in [0.717, 1.165) is 30.5 Å². The number of quaternary nitrogens is 1. The van der Waals surface area contributed by atoms with Crippen molar-refractivity contribution >= 4 is 5.91 Å². The summed E-state index contributed by atoms with van der Waals surface area (Å²) in [6.07, 6.45) is 1.06. The summed E-state index contributed by atoms with van der Waals surface area (Å²) in [6.45, 7) is 6.80. The van der Waals surface area contributed by atoms with Crippen LogP contribution in [-0.4, -0.2) is 44.1 Å². The van der Waals surface area contributed by atoms with Gasteiger partial charge < -0.3 is 9.80 Å². The van der Waals surface area contributed by atoms with Crippen molar-refractivity contribution in [1.82, 2.24) is 5.32 Å². The highest BCUT2D eigenvalue weighted by molar-refractivity contribution is 5.72. The van der Waals surface area contributed by atoms with Crippen LogP contribution in [0.1, 0.15) is 20.3 Å². The van der Waals surface area contributed by atoms with Crippen molar-refractivity contribution < 1.29 is 9.28 Å². The standard InChI is InChI=1S/C9H20N2O/c1-5-11(3,4)8-6-7-10-9(2)12/h5-8H2,1-4H3/p+1. The molecule has 0 fully saturated rings. The Balaban J connectivity index is 3.37. The van der Waals surface area contributed by atoms with E-state index in [1.165, 1.54) is 0 Å². The summed E-state index contributed by atoms with van der Waals surface area (Å²) in [5.41, 5.74) is 0. The summed E-state index contributed by atoms with van der Waals surface area (Å²) in [6, 6.07) is 0. The van der Waals surface area contributed by atoms with Gasteiger partial charge in [0.25, 0.3) is 0 Å². The predicted molar refractivity (Wildman–Crippen MR) is 50.8 cm³/mol. The lowest BCUT2D eigenvalue weighted by molar-refractivity contribution is -0.888. The normalized spacial score (nSPS) is 11.3. The van der Waals surface area contributed by atoms with Gasteiger partial charge in [0, 0.05) is 19.9 Å². The molecule has 0 aliphatic carbocycles. The van der Waals surface area contributed by atoms with Crippen molar-refractivity contribution in [3.8, 4) is 0 Å². The molecule has 1 amide bonds. The van der Waals surface area contributed by atoms with Gasteiger partial charge >= 0.3 is 0 Å². The third kappa shape index (κ3) is 6.16. The van der Waals surface area contributed by atoms with Gasteiger partial charge in [-0.25, -0.2) is 0 Å². The maximum atomic E-state index is 10.5. The minimum absolute atomic E-state index is 0.0665. The Morgan fingerprint density at radius 1 is 1.42 bits per heavy atom. The van der Waals surface area contributed by atoms with Crippen LogP contribution >= 0.6 is 0 Å². The molecule has 0 aromatic rings. The maximum absolute atomic E-state index is 10.5. The molecule has 0 aliphatic heterocycles. The zero-order valence-corrected chi connectivity index (χ0v) is 8.68. The monoisotopic (exact) mass is 173 g/mol. The van der Waals surface area contributed by atoms with E-state index in [-0.39, 0.29) is 5.91 Å². The number of amides is 1. The topological polar surface area (TPSA) is 29.1 Å². The zero-order valence-electron chi connectivity index (χ0n) is 8.68. The van der Waals surface area contributed by atoms with E-state index in [0.29, 0.717) is 0 Å². The molecule has 0 bridgehead atoms. The Kier molecular flexibility index (Phi) is 4.90. The fraction of sp³-hybridized carbons (Fsp3) is 0.889. The number of rotatable bonds is 5. The minimum Gasteiger partial charge on any atom is -0.356 e. The zero-order chi connectivity index (χ0) is 9.61. The molecule has 72 valence electrons. The van der Waals surface area contributed by atoms with Crippen molar-refractivity contribution in [3.05, 3.63) is 0 Å². The highest BCUT2D eigenvalue weighted by Gasteiger charge is 2.09. The first-order valence-corrected chi connectivity index (χ1v) is 4.54. The quantitative estimate of drug-likeness (QED) is 0.479. The average molecular weight is 173 g/mol. The van der Waals surface area contributed by atoms with Gasteiger partial charge in [0.15, 0.2) is 0 Å².